The van der Waals surface area contributed by atoms with E-state index >= 15 is 0 Å². The standard InChI is InChI=1S/C14H18Br2N2O/c1-18(9-13-4-2-3-5-17-13)14(19)10-6-11(15)8-12(16)7-10/h6-8,13,17H,2-5,9H2,1H3. The summed E-state index contributed by atoms with van der Waals surface area (Å²) in [6.07, 6.45) is 3.65. The molecule has 1 atom stereocenters. The van der Waals surface area contributed by atoms with Crippen LogP contribution in [-0.4, -0.2) is 37.0 Å². The van der Waals surface area contributed by atoms with Crippen LogP contribution >= 0.6 is 31.9 Å². The van der Waals surface area contributed by atoms with Gasteiger partial charge in [-0.1, -0.05) is 38.3 Å². The number of rotatable bonds is 3. The molecule has 1 aromatic rings. The molecule has 5 heteroatoms. The minimum Gasteiger partial charge on any atom is -0.340 e. The SMILES string of the molecule is CN(CC1CCCCN1)C(=O)c1cc(Br)cc(Br)c1. The number of piperidine rings is 1. The second kappa shape index (κ2) is 6.86. The molecule has 0 aromatic heterocycles. The first-order chi connectivity index (χ1) is 9.06. The highest BCUT2D eigenvalue weighted by Gasteiger charge is 2.19. The summed E-state index contributed by atoms with van der Waals surface area (Å²) in [5.74, 6) is 0.0642. The van der Waals surface area contributed by atoms with Gasteiger partial charge in [0.15, 0.2) is 0 Å². The van der Waals surface area contributed by atoms with E-state index in [0.717, 1.165) is 28.5 Å². The number of carbonyl (C=O) groups excluding carboxylic acids is 1. The van der Waals surface area contributed by atoms with E-state index in [1.165, 1.54) is 12.8 Å². The Hall–Kier alpha value is -0.390. The molecule has 1 fully saturated rings. The second-order valence-electron chi connectivity index (χ2n) is 4.99. The lowest BCUT2D eigenvalue weighted by atomic mass is 10.0. The van der Waals surface area contributed by atoms with Crippen molar-refractivity contribution in [1.82, 2.24) is 10.2 Å². The van der Waals surface area contributed by atoms with Crippen molar-refractivity contribution in [2.75, 3.05) is 20.1 Å². The first-order valence-electron chi connectivity index (χ1n) is 6.51. The van der Waals surface area contributed by atoms with Crippen LogP contribution in [0.15, 0.2) is 27.1 Å². The van der Waals surface area contributed by atoms with Gasteiger partial charge >= 0.3 is 0 Å². The third-order valence-electron chi connectivity index (χ3n) is 3.36. The summed E-state index contributed by atoms with van der Waals surface area (Å²) in [5, 5.41) is 3.47. The van der Waals surface area contributed by atoms with Crippen LogP contribution in [-0.2, 0) is 0 Å². The molecule has 1 unspecified atom stereocenters. The van der Waals surface area contributed by atoms with Crippen LogP contribution in [0.4, 0.5) is 0 Å². The molecule has 0 radical (unpaired) electrons. The number of likely N-dealkylation sites (N-methyl/N-ethyl adjacent to an activating group) is 1. The summed E-state index contributed by atoms with van der Waals surface area (Å²) in [4.78, 5) is 14.2. The number of nitrogens with zero attached hydrogens (tertiary/aromatic N) is 1. The predicted molar refractivity (Wildman–Crippen MR) is 84.4 cm³/mol. The molecule has 0 aliphatic carbocycles. The normalized spacial score (nSPS) is 19.2. The number of hydrogen-bond donors (Lipinski definition) is 1. The zero-order valence-corrected chi connectivity index (χ0v) is 14.1. The van der Waals surface area contributed by atoms with Crippen LogP contribution in [0.1, 0.15) is 29.6 Å². The Labute approximate surface area is 131 Å². The molecule has 1 aromatic carbocycles. The van der Waals surface area contributed by atoms with Gasteiger partial charge in [0, 0.05) is 34.1 Å². The van der Waals surface area contributed by atoms with Gasteiger partial charge in [-0.2, -0.15) is 0 Å². The van der Waals surface area contributed by atoms with Gasteiger partial charge in [-0.25, -0.2) is 0 Å². The number of benzene rings is 1. The number of amides is 1. The quantitative estimate of drug-likeness (QED) is 0.858. The minimum atomic E-state index is 0.0642. The summed E-state index contributed by atoms with van der Waals surface area (Å²) >= 11 is 6.83. The zero-order valence-electron chi connectivity index (χ0n) is 11.0. The Morgan fingerprint density at radius 3 is 2.58 bits per heavy atom. The Morgan fingerprint density at radius 2 is 2.00 bits per heavy atom. The maximum absolute atomic E-state index is 12.4. The number of halogens is 2. The van der Waals surface area contributed by atoms with Crippen LogP contribution in [0.2, 0.25) is 0 Å². The lowest BCUT2D eigenvalue weighted by Crippen LogP contribution is -2.44. The van der Waals surface area contributed by atoms with E-state index in [4.69, 9.17) is 0 Å². The van der Waals surface area contributed by atoms with Gasteiger partial charge in [0.05, 0.1) is 0 Å². The third-order valence-corrected chi connectivity index (χ3v) is 4.28. The number of hydrogen-bond acceptors (Lipinski definition) is 2. The van der Waals surface area contributed by atoms with Gasteiger partial charge < -0.3 is 10.2 Å². The molecule has 1 amide bonds. The van der Waals surface area contributed by atoms with Gasteiger partial charge in [-0.15, -0.1) is 0 Å². The van der Waals surface area contributed by atoms with Crippen molar-refractivity contribution in [3.05, 3.63) is 32.7 Å². The van der Waals surface area contributed by atoms with Crippen molar-refractivity contribution >= 4 is 37.8 Å². The lowest BCUT2D eigenvalue weighted by molar-refractivity contribution is 0.0775. The summed E-state index contributed by atoms with van der Waals surface area (Å²) in [6, 6.07) is 6.08. The van der Waals surface area contributed by atoms with E-state index < -0.39 is 0 Å². The maximum Gasteiger partial charge on any atom is 0.253 e. The predicted octanol–water partition coefficient (Wildman–Crippen LogP) is 3.43. The highest BCUT2D eigenvalue weighted by molar-refractivity contribution is 9.11. The number of nitrogens with one attached hydrogen (secondary N) is 1. The fraction of sp³-hybridized carbons (Fsp3) is 0.500. The maximum atomic E-state index is 12.4. The molecule has 19 heavy (non-hydrogen) atoms. The summed E-state index contributed by atoms with van der Waals surface area (Å²) in [7, 11) is 1.87. The molecule has 1 saturated heterocycles. The minimum absolute atomic E-state index is 0.0642. The smallest absolute Gasteiger partial charge is 0.253 e. The second-order valence-corrected chi connectivity index (χ2v) is 6.82. The van der Waals surface area contributed by atoms with E-state index in [2.05, 4.69) is 37.2 Å². The monoisotopic (exact) mass is 388 g/mol. The summed E-state index contributed by atoms with van der Waals surface area (Å²) < 4.78 is 1.82. The van der Waals surface area contributed by atoms with Gasteiger partial charge in [-0.3, -0.25) is 4.79 Å². The van der Waals surface area contributed by atoms with Crippen LogP contribution in [0.25, 0.3) is 0 Å². The molecule has 104 valence electrons. The third kappa shape index (κ3) is 4.29. The molecular formula is C14H18Br2N2O. The van der Waals surface area contributed by atoms with Gasteiger partial charge in [0.25, 0.3) is 5.91 Å². The van der Waals surface area contributed by atoms with Crippen LogP contribution in [0.5, 0.6) is 0 Å². The fourth-order valence-electron chi connectivity index (χ4n) is 2.39. The summed E-state index contributed by atoms with van der Waals surface area (Å²) in [6.45, 7) is 1.83. The molecule has 1 N–H and O–H groups in total. The van der Waals surface area contributed by atoms with Crippen molar-refractivity contribution in [2.24, 2.45) is 0 Å². The highest BCUT2D eigenvalue weighted by Crippen LogP contribution is 2.21. The van der Waals surface area contributed by atoms with Crippen LogP contribution in [0, 0.1) is 0 Å². The number of carbonyl (C=O) groups is 1. The van der Waals surface area contributed by atoms with Crippen molar-refractivity contribution in [3.8, 4) is 0 Å². The Bertz CT molecular complexity index is 439. The van der Waals surface area contributed by atoms with Crippen molar-refractivity contribution in [1.29, 1.82) is 0 Å². The van der Waals surface area contributed by atoms with Gasteiger partial charge in [0.1, 0.15) is 0 Å². The van der Waals surface area contributed by atoms with Crippen LogP contribution in [0.3, 0.4) is 0 Å². The van der Waals surface area contributed by atoms with Crippen LogP contribution < -0.4 is 5.32 Å². The van der Waals surface area contributed by atoms with Crippen molar-refractivity contribution < 1.29 is 4.79 Å². The zero-order chi connectivity index (χ0) is 13.8. The Morgan fingerprint density at radius 1 is 1.32 bits per heavy atom. The first kappa shape index (κ1) is 15.0. The average molecular weight is 390 g/mol. The first-order valence-corrected chi connectivity index (χ1v) is 8.10. The molecule has 0 saturated carbocycles. The van der Waals surface area contributed by atoms with Gasteiger partial charge in [0.2, 0.25) is 0 Å². The molecule has 2 rings (SSSR count). The van der Waals surface area contributed by atoms with Crippen molar-refractivity contribution in [2.45, 2.75) is 25.3 Å². The Kier molecular flexibility index (Phi) is 5.42. The van der Waals surface area contributed by atoms with E-state index in [1.54, 1.807) is 4.90 Å². The lowest BCUT2D eigenvalue weighted by Gasteiger charge is -2.28. The van der Waals surface area contributed by atoms with E-state index in [9.17, 15) is 4.79 Å². The fourth-order valence-corrected chi connectivity index (χ4v) is 3.68. The molecule has 1 heterocycles. The Balaban J connectivity index is 2.01. The largest absolute Gasteiger partial charge is 0.340 e. The van der Waals surface area contributed by atoms with Gasteiger partial charge in [-0.05, 0) is 37.6 Å². The summed E-state index contributed by atoms with van der Waals surface area (Å²) in [5.41, 5.74) is 0.708. The highest BCUT2D eigenvalue weighted by atomic mass is 79.9. The van der Waals surface area contributed by atoms with E-state index in [0.29, 0.717) is 11.6 Å². The molecular weight excluding hydrogens is 372 g/mol. The molecule has 1 aliphatic heterocycles. The van der Waals surface area contributed by atoms with Crippen molar-refractivity contribution in [3.63, 3.8) is 0 Å². The van der Waals surface area contributed by atoms with E-state index in [1.807, 2.05) is 25.2 Å². The van der Waals surface area contributed by atoms with E-state index in [-0.39, 0.29) is 5.91 Å². The average Bonchev–Trinajstić information content (AvgIpc) is 2.37. The molecule has 0 spiro atoms. The topological polar surface area (TPSA) is 32.3 Å². The molecule has 1 aliphatic rings. The molecule has 3 nitrogen and oxygen atoms in total. The molecule has 0 bridgehead atoms.